The molecule has 30 heavy (non-hydrogen) atoms. The molecule has 1 fully saturated rings. The number of likely N-dealkylation sites (tertiary alicyclic amines) is 1. The SMILES string of the molecule is COC(=O)c1ccc2c(C)nn(CCCC3CCN(C(=O)OC(C)(C)C)CC3)c2c1. The highest BCUT2D eigenvalue weighted by Crippen LogP contribution is 2.25. The molecule has 0 bridgehead atoms. The van der Waals surface area contributed by atoms with Crippen molar-refractivity contribution in [1.29, 1.82) is 0 Å². The molecular formula is C23H33N3O4. The van der Waals surface area contributed by atoms with E-state index in [0.29, 0.717) is 11.5 Å². The van der Waals surface area contributed by atoms with Crippen molar-refractivity contribution < 1.29 is 19.1 Å². The molecule has 0 unspecified atom stereocenters. The van der Waals surface area contributed by atoms with E-state index in [9.17, 15) is 9.59 Å². The number of hydrogen-bond donors (Lipinski definition) is 0. The van der Waals surface area contributed by atoms with Gasteiger partial charge in [-0.3, -0.25) is 4.68 Å². The number of fused-ring (bicyclic) bond motifs is 1. The first-order valence-corrected chi connectivity index (χ1v) is 10.7. The van der Waals surface area contributed by atoms with Gasteiger partial charge in [-0.2, -0.15) is 5.10 Å². The first kappa shape index (κ1) is 22.1. The van der Waals surface area contributed by atoms with E-state index in [1.165, 1.54) is 7.11 Å². The zero-order valence-electron chi connectivity index (χ0n) is 18.7. The second-order valence-corrected chi connectivity index (χ2v) is 9.09. The fraction of sp³-hybridized carbons (Fsp3) is 0.609. The number of aryl methyl sites for hydroxylation is 2. The summed E-state index contributed by atoms with van der Waals surface area (Å²) in [7, 11) is 1.39. The smallest absolute Gasteiger partial charge is 0.410 e. The zero-order valence-corrected chi connectivity index (χ0v) is 18.7. The number of carbonyl (C=O) groups excluding carboxylic acids is 2. The van der Waals surface area contributed by atoms with Crippen LogP contribution in [0.4, 0.5) is 4.79 Å². The summed E-state index contributed by atoms with van der Waals surface area (Å²) in [5.74, 6) is 0.274. The number of hydrogen-bond acceptors (Lipinski definition) is 5. The van der Waals surface area contributed by atoms with Crippen molar-refractivity contribution in [2.75, 3.05) is 20.2 Å². The minimum absolute atomic E-state index is 0.208. The predicted molar refractivity (Wildman–Crippen MR) is 116 cm³/mol. The number of methoxy groups -OCH3 is 1. The summed E-state index contributed by atoms with van der Waals surface area (Å²) < 4.78 is 12.3. The molecule has 1 aromatic carbocycles. The summed E-state index contributed by atoms with van der Waals surface area (Å²) in [6.07, 6.45) is 3.91. The van der Waals surface area contributed by atoms with Crippen LogP contribution in [0.1, 0.15) is 62.5 Å². The Labute approximate surface area is 178 Å². The van der Waals surface area contributed by atoms with Crippen molar-refractivity contribution in [2.45, 2.75) is 65.5 Å². The van der Waals surface area contributed by atoms with Crippen LogP contribution in [0.3, 0.4) is 0 Å². The average molecular weight is 416 g/mol. The number of aromatic nitrogens is 2. The monoisotopic (exact) mass is 415 g/mol. The molecule has 1 amide bonds. The topological polar surface area (TPSA) is 73.7 Å². The first-order valence-electron chi connectivity index (χ1n) is 10.7. The maximum absolute atomic E-state index is 12.2. The van der Waals surface area contributed by atoms with E-state index in [0.717, 1.165) is 61.9 Å². The number of rotatable bonds is 5. The Morgan fingerprint density at radius 2 is 1.90 bits per heavy atom. The molecule has 0 aliphatic carbocycles. The number of ether oxygens (including phenoxy) is 2. The fourth-order valence-electron chi connectivity index (χ4n) is 4.02. The largest absolute Gasteiger partial charge is 0.465 e. The number of nitrogens with zero attached hydrogens (tertiary/aromatic N) is 3. The van der Waals surface area contributed by atoms with Gasteiger partial charge < -0.3 is 14.4 Å². The van der Waals surface area contributed by atoms with Gasteiger partial charge in [-0.15, -0.1) is 0 Å². The van der Waals surface area contributed by atoms with Crippen LogP contribution in [0.25, 0.3) is 10.9 Å². The van der Waals surface area contributed by atoms with Crippen LogP contribution in [-0.2, 0) is 16.0 Å². The van der Waals surface area contributed by atoms with Crippen molar-refractivity contribution in [2.24, 2.45) is 5.92 Å². The molecule has 164 valence electrons. The van der Waals surface area contributed by atoms with Crippen LogP contribution in [0.2, 0.25) is 0 Å². The highest BCUT2D eigenvalue weighted by molar-refractivity contribution is 5.95. The lowest BCUT2D eigenvalue weighted by molar-refractivity contribution is 0.0180. The summed E-state index contributed by atoms with van der Waals surface area (Å²) in [4.78, 5) is 25.9. The molecule has 0 saturated carbocycles. The van der Waals surface area contributed by atoms with Crippen LogP contribution in [-0.4, -0.2) is 52.5 Å². The van der Waals surface area contributed by atoms with Crippen molar-refractivity contribution in [3.63, 3.8) is 0 Å². The molecule has 0 atom stereocenters. The molecule has 7 heteroatoms. The molecule has 3 rings (SSSR count). The molecule has 2 heterocycles. The summed E-state index contributed by atoms with van der Waals surface area (Å²) >= 11 is 0. The zero-order chi connectivity index (χ0) is 21.9. The van der Waals surface area contributed by atoms with Crippen LogP contribution >= 0.6 is 0 Å². The summed E-state index contributed by atoms with van der Waals surface area (Å²) in [6, 6.07) is 5.58. The Kier molecular flexibility index (Phi) is 6.68. The number of esters is 1. The van der Waals surface area contributed by atoms with Gasteiger partial charge in [0.15, 0.2) is 0 Å². The Hall–Kier alpha value is -2.57. The minimum Gasteiger partial charge on any atom is -0.465 e. The summed E-state index contributed by atoms with van der Waals surface area (Å²) in [5.41, 5.74) is 2.02. The average Bonchev–Trinajstić information content (AvgIpc) is 3.01. The van der Waals surface area contributed by atoms with Gasteiger partial charge in [0.05, 0.1) is 23.9 Å². The van der Waals surface area contributed by atoms with Gasteiger partial charge in [-0.25, -0.2) is 9.59 Å². The van der Waals surface area contributed by atoms with E-state index >= 15 is 0 Å². The molecule has 7 nitrogen and oxygen atoms in total. The molecular weight excluding hydrogens is 382 g/mol. The van der Waals surface area contributed by atoms with E-state index < -0.39 is 5.60 Å². The Bertz CT molecular complexity index is 905. The van der Waals surface area contributed by atoms with Gasteiger partial charge in [-0.05, 0) is 71.4 Å². The van der Waals surface area contributed by atoms with E-state index in [4.69, 9.17) is 9.47 Å². The number of carbonyl (C=O) groups is 2. The maximum atomic E-state index is 12.2. The van der Waals surface area contributed by atoms with Gasteiger partial charge in [0, 0.05) is 25.0 Å². The quantitative estimate of drug-likeness (QED) is 0.670. The Morgan fingerprint density at radius 1 is 1.20 bits per heavy atom. The molecule has 0 radical (unpaired) electrons. The van der Waals surface area contributed by atoms with E-state index in [1.807, 2.05) is 49.4 Å². The highest BCUT2D eigenvalue weighted by atomic mass is 16.6. The number of benzene rings is 1. The van der Waals surface area contributed by atoms with Gasteiger partial charge in [-0.1, -0.05) is 6.07 Å². The van der Waals surface area contributed by atoms with E-state index in [1.54, 1.807) is 6.07 Å². The van der Waals surface area contributed by atoms with Crippen molar-refractivity contribution >= 4 is 23.0 Å². The predicted octanol–water partition coefficient (Wildman–Crippen LogP) is 4.56. The van der Waals surface area contributed by atoms with Gasteiger partial charge in [0.25, 0.3) is 0 Å². The maximum Gasteiger partial charge on any atom is 0.410 e. The standard InChI is InChI=1S/C23H33N3O4/c1-16-19-9-8-18(21(27)29-5)15-20(19)26(24-16)12-6-7-17-10-13-25(14-11-17)22(28)30-23(2,3)4/h8-9,15,17H,6-7,10-14H2,1-5H3. The van der Waals surface area contributed by atoms with Crippen molar-refractivity contribution in [1.82, 2.24) is 14.7 Å². The van der Waals surface area contributed by atoms with Crippen LogP contribution < -0.4 is 0 Å². The second-order valence-electron chi connectivity index (χ2n) is 9.09. The lowest BCUT2D eigenvalue weighted by atomic mass is 9.92. The van der Waals surface area contributed by atoms with Gasteiger partial charge in [0.1, 0.15) is 5.60 Å². The van der Waals surface area contributed by atoms with E-state index in [-0.39, 0.29) is 12.1 Å². The third-order valence-electron chi connectivity index (χ3n) is 5.61. The normalized spacial score (nSPS) is 15.4. The van der Waals surface area contributed by atoms with E-state index in [2.05, 4.69) is 5.10 Å². The second kappa shape index (κ2) is 9.06. The molecule has 1 aromatic heterocycles. The number of piperidine rings is 1. The minimum atomic E-state index is -0.452. The molecule has 1 aliphatic rings. The molecule has 0 spiro atoms. The lowest BCUT2D eigenvalue weighted by Gasteiger charge is -2.33. The molecule has 1 aliphatic heterocycles. The van der Waals surface area contributed by atoms with Gasteiger partial charge in [0.2, 0.25) is 0 Å². The lowest BCUT2D eigenvalue weighted by Crippen LogP contribution is -2.41. The van der Waals surface area contributed by atoms with Crippen LogP contribution in [0, 0.1) is 12.8 Å². The fourth-order valence-corrected chi connectivity index (χ4v) is 4.02. The Morgan fingerprint density at radius 3 is 2.53 bits per heavy atom. The molecule has 1 saturated heterocycles. The third kappa shape index (κ3) is 5.32. The van der Waals surface area contributed by atoms with Crippen molar-refractivity contribution in [3.8, 4) is 0 Å². The van der Waals surface area contributed by atoms with Crippen LogP contribution in [0.15, 0.2) is 18.2 Å². The third-order valence-corrected chi connectivity index (χ3v) is 5.61. The van der Waals surface area contributed by atoms with Crippen LogP contribution in [0.5, 0.6) is 0 Å². The summed E-state index contributed by atoms with van der Waals surface area (Å²) in [5, 5.41) is 5.73. The van der Waals surface area contributed by atoms with Crippen molar-refractivity contribution in [3.05, 3.63) is 29.5 Å². The summed E-state index contributed by atoms with van der Waals surface area (Å²) in [6.45, 7) is 9.99. The molecule has 0 N–H and O–H groups in total. The van der Waals surface area contributed by atoms with Gasteiger partial charge >= 0.3 is 12.1 Å². The molecule has 2 aromatic rings. The highest BCUT2D eigenvalue weighted by Gasteiger charge is 2.26. The Balaban J connectivity index is 1.53. The number of amides is 1. The first-order chi connectivity index (χ1) is 14.2.